The lowest BCUT2D eigenvalue weighted by Gasteiger charge is -2.17. The van der Waals surface area contributed by atoms with Crippen LogP contribution in [0.25, 0.3) is 0 Å². The van der Waals surface area contributed by atoms with Gasteiger partial charge in [0.25, 0.3) is 0 Å². The van der Waals surface area contributed by atoms with Crippen molar-refractivity contribution >= 4 is 5.97 Å². The van der Waals surface area contributed by atoms with Crippen molar-refractivity contribution in [2.75, 3.05) is 6.61 Å². The Morgan fingerprint density at radius 1 is 1.07 bits per heavy atom. The molecule has 0 spiro atoms. The minimum atomic E-state index is -0.486. The molecule has 2 aromatic carbocycles. The zero-order valence-electron chi connectivity index (χ0n) is 17.0. The Labute approximate surface area is 168 Å². The minimum absolute atomic E-state index is 0.270. The lowest BCUT2D eigenvalue weighted by molar-refractivity contribution is 0.0287. The smallest absolute Gasteiger partial charge is 0.340 e. The Morgan fingerprint density at radius 2 is 1.82 bits per heavy atom. The number of hydrogen-bond acceptors (Lipinski definition) is 4. The van der Waals surface area contributed by atoms with Gasteiger partial charge >= 0.3 is 5.97 Å². The van der Waals surface area contributed by atoms with Gasteiger partial charge in [-0.1, -0.05) is 57.9 Å². The number of hydrogen-bond donors (Lipinski definition) is 0. The quantitative estimate of drug-likeness (QED) is 0.375. The van der Waals surface area contributed by atoms with Crippen molar-refractivity contribution in [3.63, 3.8) is 0 Å². The van der Waals surface area contributed by atoms with E-state index >= 15 is 0 Å². The van der Waals surface area contributed by atoms with Crippen molar-refractivity contribution in [3.8, 4) is 11.8 Å². The fourth-order valence-electron chi connectivity index (χ4n) is 2.97. The van der Waals surface area contributed by atoms with E-state index in [9.17, 15) is 10.1 Å². The van der Waals surface area contributed by atoms with E-state index in [-0.39, 0.29) is 17.2 Å². The van der Waals surface area contributed by atoms with Crippen LogP contribution in [0.5, 0.6) is 5.75 Å². The SMILES string of the molecule is CCCCCOc1ccc(C(=O)OC(CC)c2ccc(CC)cc2)c(C#N)c1. The topological polar surface area (TPSA) is 59.3 Å². The summed E-state index contributed by atoms with van der Waals surface area (Å²) >= 11 is 0. The first-order valence-corrected chi connectivity index (χ1v) is 10.1. The Balaban J connectivity index is 2.09. The summed E-state index contributed by atoms with van der Waals surface area (Å²) in [5.41, 5.74) is 2.75. The molecule has 0 aliphatic heterocycles. The van der Waals surface area contributed by atoms with Crippen LogP contribution in [0, 0.1) is 11.3 Å². The number of esters is 1. The lowest BCUT2D eigenvalue weighted by atomic mass is 10.0. The van der Waals surface area contributed by atoms with Crippen molar-refractivity contribution in [1.29, 1.82) is 5.26 Å². The molecule has 28 heavy (non-hydrogen) atoms. The highest BCUT2D eigenvalue weighted by Crippen LogP contribution is 2.25. The first-order chi connectivity index (χ1) is 13.6. The lowest BCUT2D eigenvalue weighted by Crippen LogP contribution is -2.13. The van der Waals surface area contributed by atoms with Crippen LogP contribution in [0.3, 0.4) is 0 Å². The Bertz CT molecular complexity index is 806. The van der Waals surface area contributed by atoms with E-state index < -0.39 is 5.97 Å². The van der Waals surface area contributed by atoms with Crippen LogP contribution in [0.1, 0.15) is 79.6 Å². The molecule has 0 saturated carbocycles. The van der Waals surface area contributed by atoms with Gasteiger partial charge in [0, 0.05) is 0 Å². The molecule has 0 fully saturated rings. The second-order valence-corrected chi connectivity index (χ2v) is 6.77. The van der Waals surface area contributed by atoms with E-state index in [2.05, 4.69) is 32.0 Å². The van der Waals surface area contributed by atoms with Crippen LogP contribution in [-0.2, 0) is 11.2 Å². The number of carbonyl (C=O) groups is 1. The first-order valence-electron chi connectivity index (χ1n) is 10.1. The average Bonchev–Trinajstić information content (AvgIpc) is 2.74. The molecular weight excluding hydrogens is 350 g/mol. The van der Waals surface area contributed by atoms with Crippen molar-refractivity contribution in [2.24, 2.45) is 0 Å². The maximum atomic E-state index is 12.7. The largest absolute Gasteiger partial charge is 0.494 e. The highest BCUT2D eigenvalue weighted by molar-refractivity contribution is 5.92. The van der Waals surface area contributed by atoms with Crippen molar-refractivity contribution in [2.45, 2.75) is 59.0 Å². The molecule has 0 heterocycles. The van der Waals surface area contributed by atoms with E-state index in [1.165, 1.54) is 5.56 Å². The fourth-order valence-corrected chi connectivity index (χ4v) is 2.97. The predicted octanol–water partition coefficient (Wildman–Crippen LogP) is 6.00. The number of benzene rings is 2. The highest BCUT2D eigenvalue weighted by Gasteiger charge is 2.19. The number of nitriles is 1. The molecule has 2 rings (SSSR count). The molecule has 0 amide bonds. The van der Waals surface area contributed by atoms with Gasteiger partial charge in [0.15, 0.2) is 0 Å². The van der Waals surface area contributed by atoms with Crippen LogP contribution >= 0.6 is 0 Å². The maximum Gasteiger partial charge on any atom is 0.340 e. The molecule has 0 saturated heterocycles. The normalized spacial score (nSPS) is 11.5. The summed E-state index contributed by atoms with van der Waals surface area (Å²) < 4.78 is 11.4. The van der Waals surface area contributed by atoms with Gasteiger partial charge in [0.1, 0.15) is 17.9 Å². The number of rotatable bonds is 10. The van der Waals surface area contributed by atoms with Crippen LogP contribution in [0.15, 0.2) is 42.5 Å². The molecule has 148 valence electrons. The van der Waals surface area contributed by atoms with E-state index in [4.69, 9.17) is 9.47 Å². The number of nitrogens with zero attached hydrogens (tertiary/aromatic N) is 1. The number of ether oxygens (including phenoxy) is 2. The summed E-state index contributed by atoms with van der Waals surface area (Å²) in [5, 5.41) is 9.45. The summed E-state index contributed by atoms with van der Waals surface area (Å²) in [4.78, 5) is 12.7. The number of unbranched alkanes of at least 4 members (excludes halogenated alkanes) is 2. The molecule has 0 aliphatic rings. The highest BCUT2D eigenvalue weighted by atomic mass is 16.5. The minimum Gasteiger partial charge on any atom is -0.494 e. The molecular formula is C24H29NO3. The molecule has 0 bridgehead atoms. The van der Waals surface area contributed by atoms with Gasteiger partial charge in [0.05, 0.1) is 17.7 Å². The summed E-state index contributed by atoms with van der Waals surface area (Å²) in [7, 11) is 0. The van der Waals surface area contributed by atoms with Gasteiger partial charge in [-0.2, -0.15) is 5.26 Å². The fraction of sp³-hybridized carbons (Fsp3) is 0.417. The molecule has 2 aromatic rings. The third-order valence-corrected chi connectivity index (χ3v) is 4.73. The maximum absolute atomic E-state index is 12.7. The summed E-state index contributed by atoms with van der Waals surface area (Å²) in [6.45, 7) is 6.82. The van der Waals surface area contributed by atoms with Gasteiger partial charge in [-0.25, -0.2) is 4.79 Å². The number of aryl methyl sites for hydroxylation is 1. The monoisotopic (exact) mass is 379 g/mol. The average molecular weight is 380 g/mol. The van der Waals surface area contributed by atoms with Crippen LogP contribution < -0.4 is 4.74 Å². The summed E-state index contributed by atoms with van der Waals surface area (Å²) in [6, 6.07) is 15.1. The van der Waals surface area contributed by atoms with E-state index in [1.54, 1.807) is 18.2 Å². The molecule has 0 aliphatic carbocycles. The molecule has 0 radical (unpaired) electrons. The third-order valence-electron chi connectivity index (χ3n) is 4.73. The molecule has 1 unspecified atom stereocenters. The van der Waals surface area contributed by atoms with Crippen molar-refractivity contribution < 1.29 is 14.3 Å². The van der Waals surface area contributed by atoms with Crippen molar-refractivity contribution in [3.05, 3.63) is 64.7 Å². The standard InChI is InChI=1S/C24H29NO3/c1-4-7-8-15-27-21-13-14-22(20(16-21)17-25)24(26)28-23(6-3)19-11-9-18(5-2)10-12-19/h9-14,16,23H,4-8,15H2,1-3H3. The number of carbonyl (C=O) groups excluding carboxylic acids is 1. The van der Waals surface area contributed by atoms with E-state index in [0.29, 0.717) is 18.8 Å². The van der Waals surface area contributed by atoms with Gasteiger partial charge in [-0.15, -0.1) is 0 Å². The summed E-state index contributed by atoms with van der Waals surface area (Å²) in [6.07, 6.45) is 4.49. The molecule has 4 heteroatoms. The van der Waals surface area contributed by atoms with Crippen LogP contribution in [-0.4, -0.2) is 12.6 Å². The van der Waals surface area contributed by atoms with Gasteiger partial charge in [0.2, 0.25) is 0 Å². The van der Waals surface area contributed by atoms with Gasteiger partial charge in [-0.05, 0) is 48.6 Å². The molecule has 0 N–H and O–H groups in total. The second kappa shape index (κ2) is 11.1. The Morgan fingerprint density at radius 3 is 2.43 bits per heavy atom. The van der Waals surface area contributed by atoms with Gasteiger partial charge < -0.3 is 9.47 Å². The zero-order valence-corrected chi connectivity index (χ0v) is 17.0. The summed E-state index contributed by atoms with van der Waals surface area (Å²) in [5.74, 6) is 0.118. The van der Waals surface area contributed by atoms with E-state index in [1.807, 2.05) is 19.1 Å². The van der Waals surface area contributed by atoms with Crippen molar-refractivity contribution in [1.82, 2.24) is 0 Å². The van der Waals surface area contributed by atoms with E-state index in [0.717, 1.165) is 31.2 Å². The Hall–Kier alpha value is -2.80. The van der Waals surface area contributed by atoms with Gasteiger partial charge in [-0.3, -0.25) is 0 Å². The second-order valence-electron chi connectivity index (χ2n) is 6.77. The molecule has 4 nitrogen and oxygen atoms in total. The predicted molar refractivity (Wildman–Crippen MR) is 110 cm³/mol. The van der Waals surface area contributed by atoms with Crippen LogP contribution in [0.2, 0.25) is 0 Å². The molecule has 0 aromatic heterocycles. The van der Waals surface area contributed by atoms with Crippen LogP contribution in [0.4, 0.5) is 0 Å². The first kappa shape index (κ1) is 21.5. The Kier molecular flexibility index (Phi) is 8.55. The molecule has 1 atom stereocenters. The third kappa shape index (κ3) is 5.85. The zero-order chi connectivity index (χ0) is 20.4.